The van der Waals surface area contributed by atoms with Gasteiger partial charge in [-0.25, -0.2) is 0 Å². The molecule has 5 nitrogen and oxygen atoms in total. The molecule has 2 saturated heterocycles. The third kappa shape index (κ3) is 2.30. The largest absolute Gasteiger partial charge is 0.383 e. The summed E-state index contributed by atoms with van der Waals surface area (Å²) in [4.78, 5) is 11.6. The van der Waals surface area contributed by atoms with Crippen LogP contribution in [-0.4, -0.2) is 43.9 Å². The predicted octanol–water partition coefficient (Wildman–Crippen LogP) is -0.604. The van der Waals surface area contributed by atoms with Crippen molar-refractivity contribution in [1.82, 2.24) is 5.32 Å². The van der Waals surface area contributed by atoms with Crippen LogP contribution in [-0.2, 0) is 14.3 Å². The number of hydrogen-bond donors (Lipinski definition) is 2. The van der Waals surface area contributed by atoms with Crippen LogP contribution in [0.25, 0.3) is 0 Å². The van der Waals surface area contributed by atoms with Crippen molar-refractivity contribution in [3.05, 3.63) is 0 Å². The predicted molar refractivity (Wildman–Crippen MR) is 54.3 cm³/mol. The molecular weight excluding hydrogens is 196 g/mol. The molecule has 2 bridgehead atoms. The van der Waals surface area contributed by atoms with Crippen molar-refractivity contribution in [1.29, 1.82) is 0 Å². The van der Waals surface area contributed by atoms with Gasteiger partial charge in [-0.3, -0.25) is 4.79 Å². The SMILES string of the molecule is COCC(N)C(=O)NC1CC2CCC1O2. The van der Waals surface area contributed by atoms with Crippen LogP contribution in [0.3, 0.4) is 0 Å². The van der Waals surface area contributed by atoms with Gasteiger partial charge in [0.2, 0.25) is 5.91 Å². The molecule has 2 heterocycles. The van der Waals surface area contributed by atoms with Gasteiger partial charge < -0.3 is 20.5 Å². The highest BCUT2D eigenvalue weighted by molar-refractivity contribution is 5.82. The Hall–Kier alpha value is -0.650. The van der Waals surface area contributed by atoms with Crippen molar-refractivity contribution in [2.24, 2.45) is 5.73 Å². The van der Waals surface area contributed by atoms with Gasteiger partial charge in [-0.15, -0.1) is 0 Å². The molecule has 1 amide bonds. The topological polar surface area (TPSA) is 73.6 Å². The molecule has 5 heteroatoms. The minimum atomic E-state index is -0.575. The first-order chi connectivity index (χ1) is 7.20. The molecule has 0 saturated carbocycles. The zero-order valence-electron chi connectivity index (χ0n) is 8.94. The second-order valence-corrected chi connectivity index (χ2v) is 4.29. The Bertz CT molecular complexity index is 247. The van der Waals surface area contributed by atoms with Crippen molar-refractivity contribution in [2.75, 3.05) is 13.7 Å². The Balaban J connectivity index is 1.79. The van der Waals surface area contributed by atoms with Crippen LogP contribution in [0.5, 0.6) is 0 Å². The van der Waals surface area contributed by atoms with Crippen LogP contribution < -0.4 is 11.1 Å². The number of nitrogens with two attached hydrogens (primary N) is 1. The maximum absolute atomic E-state index is 11.6. The molecule has 2 aliphatic rings. The molecule has 15 heavy (non-hydrogen) atoms. The maximum atomic E-state index is 11.6. The molecule has 4 atom stereocenters. The molecule has 86 valence electrons. The number of nitrogens with one attached hydrogen (secondary N) is 1. The average molecular weight is 214 g/mol. The number of ether oxygens (including phenoxy) is 2. The van der Waals surface area contributed by atoms with Gasteiger partial charge >= 0.3 is 0 Å². The van der Waals surface area contributed by atoms with Crippen molar-refractivity contribution >= 4 is 5.91 Å². The fourth-order valence-electron chi connectivity index (χ4n) is 2.33. The quantitative estimate of drug-likeness (QED) is 0.655. The lowest BCUT2D eigenvalue weighted by Crippen LogP contribution is -2.50. The number of fused-ring (bicyclic) bond motifs is 2. The summed E-state index contributed by atoms with van der Waals surface area (Å²) in [6, 6.07) is -0.423. The van der Waals surface area contributed by atoms with Crippen LogP contribution in [0.4, 0.5) is 0 Å². The zero-order chi connectivity index (χ0) is 10.8. The number of hydrogen-bond acceptors (Lipinski definition) is 4. The normalized spacial score (nSPS) is 35.5. The van der Waals surface area contributed by atoms with Crippen LogP contribution in [0.15, 0.2) is 0 Å². The van der Waals surface area contributed by atoms with Crippen molar-refractivity contribution in [3.8, 4) is 0 Å². The van der Waals surface area contributed by atoms with E-state index in [9.17, 15) is 4.79 Å². The van der Waals surface area contributed by atoms with E-state index in [1.165, 1.54) is 7.11 Å². The Morgan fingerprint density at radius 3 is 3.00 bits per heavy atom. The van der Waals surface area contributed by atoms with E-state index in [4.69, 9.17) is 15.2 Å². The molecule has 0 radical (unpaired) electrons. The van der Waals surface area contributed by atoms with E-state index in [2.05, 4.69) is 5.32 Å². The van der Waals surface area contributed by atoms with Crippen LogP contribution in [0, 0.1) is 0 Å². The molecule has 0 aliphatic carbocycles. The summed E-state index contributed by atoms with van der Waals surface area (Å²) in [5, 5.41) is 2.93. The minimum absolute atomic E-state index is 0.141. The second-order valence-electron chi connectivity index (χ2n) is 4.29. The number of amides is 1. The van der Waals surface area contributed by atoms with Gasteiger partial charge in [-0.2, -0.15) is 0 Å². The fourth-order valence-corrected chi connectivity index (χ4v) is 2.33. The molecule has 2 aliphatic heterocycles. The van der Waals surface area contributed by atoms with E-state index in [0.717, 1.165) is 19.3 Å². The Morgan fingerprint density at radius 1 is 1.67 bits per heavy atom. The summed E-state index contributed by atoms with van der Waals surface area (Å²) in [5.41, 5.74) is 5.63. The van der Waals surface area contributed by atoms with Gasteiger partial charge in [-0.1, -0.05) is 0 Å². The number of methoxy groups -OCH3 is 1. The van der Waals surface area contributed by atoms with Crippen molar-refractivity contribution in [2.45, 2.75) is 43.6 Å². The number of carbonyl (C=O) groups excluding carboxylic acids is 1. The first-order valence-electron chi connectivity index (χ1n) is 5.41. The third-order valence-electron chi connectivity index (χ3n) is 3.12. The lowest BCUT2D eigenvalue weighted by atomic mass is 9.95. The van der Waals surface area contributed by atoms with E-state index in [1.54, 1.807) is 0 Å². The highest BCUT2D eigenvalue weighted by atomic mass is 16.5. The van der Waals surface area contributed by atoms with E-state index in [0.29, 0.717) is 6.10 Å². The van der Waals surface area contributed by atoms with Crippen LogP contribution >= 0.6 is 0 Å². The highest BCUT2D eigenvalue weighted by Crippen LogP contribution is 2.34. The van der Waals surface area contributed by atoms with Gasteiger partial charge in [0.15, 0.2) is 0 Å². The van der Waals surface area contributed by atoms with Gasteiger partial charge in [0, 0.05) is 7.11 Å². The molecule has 0 aromatic heterocycles. The van der Waals surface area contributed by atoms with Crippen LogP contribution in [0.1, 0.15) is 19.3 Å². The molecule has 0 spiro atoms. The van der Waals surface area contributed by atoms with Gasteiger partial charge in [0.1, 0.15) is 6.04 Å². The molecule has 2 rings (SSSR count). The molecule has 4 unspecified atom stereocenters. The van der Waals surface area contributed by atoms with Gasteiger partial charge in [-0.05, 0) is 19.3 Å². The minimum Gasteiger partial charge on any atom is -0.383 e. The summed E-state index contributed by atoms with van der Waals surface area (Å²) in [7, 11) is 1.54. The smallest absolute Gasteiger partial charge is 0.239 e. The van der Waals surface area contributed by atoms with E-state index >= 15 is 0 Å². The summed E-state index contributed by atoms with van der Waals surface area (Å²) in [5.74, 6) is -0.141. The lowest BCUT2D eigenvalue weighted by molar-refractivity contribution is -0.124. The number of rotatable bonds is 4. The molecule has 3 N–H and O–H groups in total. The standard InChI is InChI=1S/C10H18N2O3/c1-14-5-7(11)10(13)12-8-4-6-2-3-9(8)15-6/h6-9H,2-5,11H2,1H3,(H,12,13). The van der Waals surface area contributed by atoms with E-state index in [1.807, 2.05) is 0 Å². The molecular formula is C10H18N2O3. The van der Waals surface area contributed by atoms with Gasteiger partial charge in [0.25, 0.3) is 0 Å². The first-order valence-corrected chi connectivity index (χ1v) is 5.41. The Labute approximate surface area is 89.3 Å². The lowest BCUT2D eigenvalue weighted by Gasteiger charge is -2.21. The number of carbonyl (C=O) groups is 1. The average Bonchev–Trinajstić information content (AvgIpc) is 2.79. The monoisotopic (exact) mass is 214 g/mol. The summed E-state index contributed by atoms with van der Waals surface area (Å²) in [6.45, 7) is 0.257. The second kappa shape index (κ2) is 4.47. The Kier molecular flexibility index (Phi) is 3.23. The summed E-state index contributed by atoms with van der Waals surface area (Å²) >= 11 is 0. The maximum Gasteiger partial charge on any atom is 0.239 e. The van der Waals surface area contributed by atoms with Crippen LogP contribution in [0.2, 0.25) is 0 Å². The summed E-state index contributed by atoms with van der Waals surface area (Å²) in [6.07, 6.45) is 3.65. The van der Waals surface area contributed by atoms with E-state index in [-0.39, 0.29) is 24.7 Å². The molecule has 0 aromatic carbocycles. The highest BCUT2D eigenvalue weighted by Gasteiger charge is 2.41. The fraction of sp³-hybridized carbons (Fsp3) is 0.900. The molecule has 2 fully saturated rings. The Morgan fingerprint density at radius 2 is 2.47 bits per heavy atom. The van der Waals surface area contributed by atoms with Crippen molar-refractivity contribution in [3.63, 3.8) is 0 Å². The first kappa shape index (κ1) is 10.9. The van der Waals surface area contributed by atoms with Crippen molar-refractivity contribution < 1.29 is 14.3 Å². The summed E-state index contributed by atoms with van der Waals surface area (Å²) < 4.78 is 10.5. The van der Waals surface area contributed by atoms with E-state index < -0.39 is 6.04 Å². The zero-order valence-corrected chi connectivity index (χ0v) is 8.94. The molecule has 0 aromatic rings. The third-order valence-corrected chi connectivity index (χ3v) is 3.12. The van der Waals surface area contributed by atoms with Gasteiger partial charge in [0.05, 0.1) is 24.9 Å².